The zero-order chi connectivity index (χ0) is 16.7. The second-order valence-electron chi connectivity index (χ2n) is 6.05. The third-order valence-corrected chi connectivity index (χ3v) is 4.55. The van der Waals surface area contributed by atoms with Gasteiger partial charge in [-0.2, -0.15) is 9.97 Å². The number of fused-ring (bicyclic) bond motifs is 3. The number of aryl methyl sites for hydroxylation is 1. The molecule has 1 aromatic heterocycles. The third-order valence-electron chi connectivity index (χ3n) is 4.55. The third kappa shape index (κ3) is 2.31. The summed E-state index contributed by atoms with van der Waals surface area (Å²) in [4.78, 5) is 8.64. The van der Waals surface area contributed by atoms with E-state index in [4.69, 9.17) is 4.74 Å². The minimum atomic E-state index is -0.194. The summed E-state index contributed by atoms with van der Waals surface area (Å²) in [6, 6.07) is 13.9. The molecule has 0 unspecified atom stereocenters. The molecule has 0 fully saturated rings. The van der Waals surface area contributed by atoms with Gasteiger partial charge in [0.05, 0.1) is 18.5 Å². The lowest BCUT2D eigenvalue weighted by Gasteiger charge is -2.22. The summed E-state index contributed by atoms with van der Waals surface area (Å²) in [6.45, 7) is 2.05. The number of hydrogen-bond donors (Lipinski definition) is 1. The van der Waals surface area contributed by atoms with Crippen molar-refractivity contribution in [3.8, 4) is 34.3 Å². The number of aromatic nitrogens is 2. The van der Waals surface area contributed by atoms with Crippen molar-refractivity contribution in [2.45, 2.75) is 19.8 Å². The average molecular weight is 318 g/mol. The van der Waals surface area contributed by atoms with Crippen molar-refractivity contribution in [1.29, 1.82) is 0 Å². The van der Waals surface area contributed by atoms with Crippen molar-refractivity contribution >= 4 is 0 Å². The van der Waals surface area contributed by atoms with E-state index in [-0.39, 0.29) is 6.01 Å². The number of aromatic hydroxyl groups is 1. The van der Waals surface area contributed by atoms with Crippen LogP contribution in [0, 0.1) is 6.92 Å². The Labute approximate surface area is 140 Å². The molecular weight excluding hydrogens is 300 g/mol. The summed E-state index contributed by atoms with van der Waals surface area (Å²) in [5.74, 6) is 0.869. The summed E-state index contributed by atoms with van der Waals surface area (Å²) in [6.07, 6.45) is 1.70. The lowest BCUT2D eigenvalue weighted by Crippen LogP contribution is -2.10. The van der Waals surface area contributed by atoms with Crippen LogP contribution in [0.15, 0.2) is 42.5 Å². The van der Waals surface area contributed by atoms with Gasteiger partial charge in [0.15, 0.2) is 0 Å². The Balaban J connectivity index is 1.95. The SMILES string of the molecule is COc1cccc2c1CCc1c(-c3ccc(C)cc3)nc(O)nc1-2. The van der Waals surface area contributed by atoms with Gasteiger partial charge in [-0.25, -0.2) is 0 Å². The van der Waals surface area contributed by atoms with Crippen molar-refractivity contribution in [2.24, 2.45) is 0 Å². The summed E-state index contributed by atoms with van der Waals surface area (Å²) in [7, 11) is 1.68. The highest BCUT2D eigenvalue weighted by Crippen LogP contribution is 2.40. The maximum absolute atomic E-state index is 10.1. The van der Waals surface area contributed by atoms with E-state index in [1.165, 1.54) is 5.56 Å². The Kier molecular flexibility index (Phi) is 3.45. The van der Waals surface area contributed by atoms with Crippen LogP contribution in [0.2, 0.25) is 0 Å². The van der Waals surface area contributed by atoms with Crippen LogP contribution in [-0.4, -0.2) is 22.2 Å². The molecule has 0 amide bonds. The Morgan fingerprint density at radius 3 is 2.38 bits per heavy atom. The Bertz CT molecular complexity index is 918. The molecule has 0 saturated carbocycles. The quantitative estimate of drug-likeness (QED) is 0.778. The highest BCUT2D eigenvalue weighted by Gasteiger charge is 2.25. The molecule has 4 nitrogen and oxygen atoms in total. The second kappa shape index (κ2) is 5.64. The minimum absolute atomic E-state index is 0.194. The molecule has 0 saturated heterocycles. The van der Waals surface area contributed by atoms with Crippen molar-refractivity contribution in [3.63, 3.8) is 0 Å². The topological polar surface area (TPSA) is 55.2 Å². The highest BCUT2D eigenvalue weighted by molar-refractivity contribution is 5.79. The molecule has 0 spiro atoms. The summed E-state index contributed by atoms with van der Waals surface area (Å²) in [5.41, 5.74) is 7.05. The van der Waals surface area contributed by atoms with E-state index in [0.29, 0.717) is 0 Å². The van der Waals surface area contributed by atoms with Crippen LogP contribution in [0.25, 0.3) is 22.5 Å². The van der Waals surface area contributed by atoms with Gasteiger partial charge in [0.2, 0.25) is 0 Å². The fraction of sp³-hybridized carbons (Fsp3) is 0.200. The lowest BCUT2D eigenvalue weighted by molar-refractivity contribution is 0.409. The van der Waals surface area contributed by atoms with Crippen molar-refractivity contribution < 1.29 is 9.84 Å². The van der Waals surface area contributed by atoms with Crippen LogP contribution in [0.3, 0.4) is 0 Å². The standard InChI is InChI=1S/C20H18N2O2/c1-12-6-8-13(9-7-12)18-16-11-10-14-15(4-3-5-17(14)24-2)19(16)22-20(23)21-18/h3-9H,10-11H2,1-2H3,(H,21,22,23). The normalized spacial score (nSPS) is 12.4. The van der Waals surface area contributed by atoms with E-state index >= 15 is 0 Å². The Hall–Kier alpha value is -2.88. The molecule has 1 aliphatic rings. The van der Waals surface area contributed by atoms with Gasteiger partial charge in [-0.15, -0.1) is 0 Å². The smallest absolute Gasteiger partial charge is 0.315 e. The number of ether oxygens (including phenoxy) is 1. The van der Waals surface area contributed by atoms with Crippen LogP contribution in [0.1, 0.15) is 16.7 Å². The molecule has 0 radical (unpaired) electrons. The number of methoxy groups -OCH3 is 1. The molecule has 2 aromatic carbocycles. The van der Waals surface area contributed by atoms with Crippen molar-refractivity contribution in [2.75, 3.05) is 7.11 Å². The van der Waals surface area contributed by atoms with Gasteiger partial charge in [-0.05, 0) is 25.8 Å². The zero-order valence-corrected chi connectivity index (χ0v) is 13.7. The van der Waals surface area contributed by atoms with E-state index in [0.717, 1.165) is 52.2 Å². The Morgan fingerprint density at radius 1 is 0.917 bits per heavy atom. The number of hydrogen-bond acceptors (Lipinski definition) is 4. The predicted octanol–water partition coefficient (Wildman–Crippen LogP) is 3.93. The van der Waals surface area contributed by atoms with Crippen LogP contribution in [0.5, 0.6) is 11.8 Å². The molecule has 1 heterocycles. The molecule has 120 valence electrons. The van der Waals surface area contributed by atoms with E-state index < -0.39 is 0 Å². The molecular formula is C20H18N2O2. The fourth-order valence-electron chi connectivity index (χ4n) is 3.37. The summed E-state index contributed by atoms with van der Waals surface area (Å²) >= 11 is 0. The first kappa shape index (κ1) is 14.7. The largest absolute Gasteiger partial charge is 0.496 e. The first-order valence-corrected chi connectivity index (χ1v) is 8.00. The van der Waals surface area contributed by atoms with Gasteiger partial charge in [0.1, 0.15) is 5.75 Å². The maximum atomic E-state index is 10.1. The zero-order valence-electron chi connectivity index (χ0n) is 13.7. The van der Waals surface area contributed by atoms with Gasteiger partial charge in [0.25, 0.3) is 0 Å². The van der Waals surface area contributed by atoms with Gasteiger partial charge in [0, 0.05) is 22.3 Å². The first-order chi connectivity index (χ1) is 11.7. The van der Waals surface area contributed by atoms with E-state index in [1.54, 1.807) is 7.11 Å². The van der Waals surface area contributed by atoms with Gasteiger partial charge in [-0.1, -0.05) is 42.0 Å². The molecule has 24 heavy (non-hydrogen) atoms. The van der Waals surface area contributed by atoms with Gasteiger partial charge < -0.3 is 9.84 Å². The van der Waals surface area contributed by atoms with Gasteiger partial charge in [-0.3, -0.25) is 0 Å². The lowest BCUT2D eigenvalue weighted by atomic mass is 9.86. The molecule has 0 atom stereocenters. The number of nitrogens with zero attached hydrogens (tertiary/aromatic N) is 2. The maximum Gasteiger partial charge on any atom is 0.315 e. The monoisotopic (exact) mass is 318 g/mol. The van der Waals surface area contributed by atoms with E-state index in [2.05, 4.69) is 29.0 Å². The van der Waals surface area contributed by atoms with Crippen molar-refractivity contribution in [1.82, 2.24) is 9.97 Å². The minimum Gasteiger partial charge on any atom is -0.496 e. The van der Waals surface area contributed by atoms with Gasteiger partial charge >= 0.3 is 6.01 Å². The average Bonchev–Trinajstić information content (AvgIpc) is 2.61. The van der Waals surface area contributed by atoms with Crippen LogP contribution in [0.4, 0.5) is 0 Å². The summed E-state index contributed by atoms with van der Waals surface area (Å²) in [5, 5.41) is 10.1. The van der Waals surface area contributed by atoms with Crippen LogP contribution >= 0.6 is 0 Å². The molecule has 1 N–H and O–H groups in total. The number of benzene rings is 2. The molecule has 3 aromatic rings. The van der Waals surface area contributed by atoms with Crippen LogP contribution in [-0.2, 0) is 12.8 Å². The number of rotatable bonds is 2. The molecule has 4 heteroatoms. The first-order valence-electron chi connectivity index (χ1n) is 8.00. The predicted molar refractivity (Wildman–Crippen MR) is 93.3 cm³/mol. The van der Waals surface area contributed by atoms with E-state index in [1.807, 2.05) is 30.3 Å². The van der Waals surface area contributed by atoms with Crippen molar-refractivity contribution in [3.05, 3.63) is 59.2 Å². The highest BCUT2D eigenvalue weighted by atomic mass is 16.5. The molecule has 1 aliphatic carbocycles. The molecule has 0 bridgehead atoms. The molecule has 4 rings (SSSR count). The van der Waals surface area contributed by atoms with Crippen LogP contribution < -0.4 is 4.74 Å². The summed E-state index contributed by atoms with van der Waals surface area (Å²) < 4.78 is 5.48. The fourth-order valence-corrected chi connectivity index (χ4v) is 3.37. The second-order valence-corrected chi connectivity index (χ2v) is 6.05. The Morgan fingerprint density at radius 2 is 1.62 bits per heavy atom. The van der Waals surface area contributed by atoms with E-state index in [9.17, 15) is 5.11 Å². The molecule has 0 aliphatic heterocycles.